The van der Waals surface area contributed by atoms with E-state index >= 15 is 0 Å². The number of rotatable bonds is 3. The number of nitrogens with zero attached hydrogens (tertiary/aromatic N) is 1. The van der Waals surface area contributed by atoms with E-state index in [4.69, 9.17) is 21.4 Å². The summed E-state index contributed by atoms with van der Waals surface area (Å²) in [5.74, 6) is -0.364. The highest BCUT2D eigenvalue weighted by Crippen LogP contribution is 2.34. The van der Waals surface area contributed by atoms with Crippen molar-refractivity contribution in [1.29, 1.82) is 0 Å². The normalized spacial score (nSPS) is 11.4. The topological polar surface area (TPSA) is 51.5 Å². The number of benzene rings is 1. The fraction of sp³-hybridized carbons (Fsp3) is 0.214. The van der Waals surface area contributed by atoms with Crippen LogP contribution in [0.4, 0.5) is 0 Å². The van der Waals surface area contributed by atoms with Crippen LogP contribution in [0.15, 0.2) is 18.2 Å². The highest BCUT2D eigenvalue weighted by atomic mass is 35.5. The molecule has 0 amide bonds. The highest BCUT2D eigenvalue weighted by molar-refractivity contribution is 6.32. The zero-order valence-electron chi connectivity index (χ0n) is 10.9. The van der Waals surface area contributed by atoms with E-state index in [0.29, 0.717) is 10.8 Å². The van der Waals surface area contributed by atoms with Gasteiger partial charge in [-0.2, -0.15) is 0 Å². The predicted octanol–water partition coefficient (Wildman–Crippen LogP) is 3.25. The molecule has 1 aromatic heterocycles. The van der Waals surface area contributed by atoms with Gasteiger partial charge in [0.15, 0.2) is 0 Å². The maximum atomic E-state index is 10.6. The molecule has 2 rings (SSSR count). The Morgan fingerprint density at radius 3 is 2.74 bits per heavy atom. The standard InChI is InChI=1S/C14H14ClNO3/c1-8-9-6-13(19-3)10(15)7-12(9)16(2)11(8)4-5-14(17)18/h4-7H,1-3H3,(H,17,18)/b5-4+. The molecular weight excluding hydrogens is 266 g/mol. The number of fused-ring (bicyclic) bond motifs is 1. The first-order valence-corrected chi connectivity index (χ1v) is 6.07. The van der Waals surface area contributed by atoms with Gasteiger partial charge in [-0.3, -0.25) is 0 Å². The maximum absolute atomic E-state index is 10.6. The van der Waals surface area contributed by atoms with Crippen LogP contribution in [0.2, 0.25) is 5.02 Å². The van der Waals surface area contributed by atoms with Gasteiger partial charge < -0.3 is 14.4 Å². The van der Waals surface area contributed by atoms with E-state index in [-0.39, 0.29) is 0 Å². The molecule has 0 saturated heterocycles. The summed E-state index contributed by atoms with van der Waals surface area (Å²) >= 11 is 6.11. The Labute approximate surface area is 115 Å². The molecule has 1 aromatic carbocycles. The molecule has 19 heavy (non-hydrogen) atoms. The summed E-state index contributed by atoms with van der Waals surface area (Å²) < 4.78 is 7.11. The van der Waals surface area contributed by atoms with Crippen molar-refractivity contribution in [1.82, 2.24) is 4.57 Å². The number of methoxy groups -OCH3 is 1. The third kappa shape index (κ3) is 2.31. The van der Waals surface area contributed by atoms with Gasteiger partial charge in [0.25, 0.3) is 0 Å². The molecule has 100 valence electrons. The first-order chi connectivity index (χ1) is 8.95. The minimum atomic E-state index is -0.972. The maximum Gasteiger partial charge on any atom is 0.328 e. The zero-order valence-corrected chi connectivity index (χ0v) is 11.7. The van der Waals surface area contributed by atoms with E-state index in [1.807, 2.05) is 30.7 Å². The average molecular weight is 280 g/mol. The van der Waals surface area contributed by atoms with E-state index in [9.17, 15) is 4.79 Å². The lowest BCUT2D eigenvalue weighted by Gasteiger charge is -2.04. The molecule has 0 aliphatic heterocycles. The molecule has 0 atom stereocenters. The number of ether oxygens (including phenoxy) is 1. The van der Waals surface area contributed by atoms with Crippen molar-refractivity contribution in [3.05, 3.63) is 34.5 Å². The van der Waals surface area contributed by atoms with Crippen LogP contribution in [0, 0.1) is 6.92 Å². The van der Waals surface area contributed by atoms with Crippen LogP contribution < -0.4 is 4.74 Å². The number of hydrogen-bond donors (Lipinski definition) is 1. The van der Waals surface area contributed by atoms with Gasteiger partial charge >= 0.3 is 5.97 Å². The smallest absolute Gasteiger partial charge is 0.328 e. The van der Waals surface area contributed by atoms with Crippen LogP contribution in [0.3, 0.4) is 0 Å². The third-order valence-electron chi connectivity index (χ3n) is 3.16. The lowest BCUT2D eigenvalue weighted by atomic mass is 10.1. The van der Waals surface area contributed by atoms with Gasteiger partial charge in [-0.15, -0.1) is 0 Å². The molecule has 0 fully saturated rings. The molecule has 0 unspecified atom stereocenters. The van der Waals surface area contributed by atoms with Gasteiger partial charge in [0, 0.05) is 24.2 Å². The molecule has 0 bridgehead atoms. The van der Waals surface area contributed by atoms with Crippen molar-refractivity contribution in [3.63, 3.8) is 0 Å². The van der Waals surface area contributed by atoms with Gasteiger partial charge in [-0.05, 0) is 30.7 Å². The van der Waals surface area contributed by atoms with E-state index in [2.05, 4.69) is 0 Å². The Morgan fingerprint density at radius 2 is 2.16 bits per heavy atom. The zero-order chi connectivity index (χ0) is 14.2. The minimum Gasteiger partial charge on any atom is -0.495 e. The molecule has 1 heterocycles. The first-order valence-electron chi connectivity index (χ1n) is 5.69. The molecule has 0 aliphatic rings. The molecule has 0 radical (unpaired) electrons. The van der Waals surface area contributed by atoms with Gasteiger partial charge in [-0.1, -0.05) is 11.6 Å². The molecule has 4 nitrogen and oxygen atoms in total. The second-order valence-electron chi connectivity index (χ2n) is 4.24. The van der Waals surface area contributed by atoms with Crippen LogP contribution in [-0.4, -0.2) is 22.8 Å². The van der Waals surface area contributed by atoms with Gasteiger partial charge in [-0.25, -0.2) is 4.79 Å². The Morgan fingerprint density at radius 1 is 1.47 bits per heavy atom. The van der Waals surface area contributed by atoms with Crippen molar-refractivity contribution in [2.24, 2.45) is 7.05 Å². The second kappa shape index (κ2) is 4.97. The fourth-order valence-corrected chi connectivity index (χ4v) is 2.42. The summed E-state index contributed by atoms with van der Waals surface area (Å²) in [6, 6.07) is 3.69. The second-order valence-corrected chi connectivity index (χ2v) is 4.65. The molecule has 1 N–H and O–H groups in total. The van der Waals surface area contributed by atoms with Crippen molar-refractivity contribution in [2.45, 2.75) is 6.92 Å². The molecule has 0 aliphatic carbocycles. The monoisotopic (exact) mass is 279 g/mol. The third-order valence-corrected chi connectivity index (χ3v) is 3.46. The summed E-state index contributed by atoms with van der Waals surface area (Å²) in [6.45, 7) is 1.94. The summed E-state index contributed by atoms with van der Waals surface area (Å²) in [4.78, 5) is 10.6. The van der Waals surface area contributed by atoms with E-state index in [1.165, 1.54) is 0 Å². The number of aryl methyl sites for hydroxylation is 2. The Balaban J connectivity index is 2.71. The number of carboxylic acids is 1. The first kappa shape index (κ1) is 13.5. The van der Waals surface area contributed by atoms with Crippen molar-refractivity contribution >= 4 is 34.5 Å². The van der Waals surface area contributed by atoms with Crippen molar-refractivity contribution in [3.8, 4) is 5.75 Å². The van der Waals surface area contributed by atoms with Gasteiger partial charge in [0.1, 0.15) is 5.75 Å². The van der Waals surface area contributed by atoms with Crippen LogP contribution in [0.25, 0.3) is 17.0 Å². The number of carboxylic acid groups (broad SMARTS) is 1. The summed E-state index contributed by atoms with van der Waals surface area (Å²) in [6.07, 6.45) is 2.71. The van der Waals surface area contributed by atoms with Crippen molar-refractivity contribution in [2.75, 3.05) is 7.11 Å². The SMILES string of the molecule is COc1cc2c(C)c(/C=C/C(=O)O)n(C)c2cc1Cl. The highest BCUT2D eigenvalue weighted by Gasteiger charge is 2.13. The van der Waals surface area contributed by atoms with Crippen LogP contribution in [0.5, 0.6) is 5.75 Å². The number of aromatic nitrogens is 1. The lowest BCUT2D eigenvalue weighted by Crippen LogP contribution is -1.93. The van der Waals surface area contributed by atoms with E-state index in [1.54, 1.807) is 13.2 Å². The average Bonchev–Trinajstić information content (AvgIpc) is 2.58. The molecule has 2 aromatic rings. The van der Waals surface area contributed by atoms with Crippen LogP contribution in [0.1, 0.15) is 11.3 Å². The molecule has 5 heteroatoms. The number of aliphatic carboxylic acids is 1. The van der Waals surface area contributed by atoms with Gasteiger partial charge in [0.05, 0.1) is 17.6 Å². The predicted molar refractivity (Wildman–Crippen MR) is 75.9 cm³/mol. The largest absolute Gasteiger partial charge is 0.495 e. The molecule has 0 spiro atoms. The van der Waals surface area contributed by atoms with Crippen LogP contribution in [-0.2, 0) is 11.8 Å². The molecular formula is C14H14ClNO3. The van der Waals surface area contributed by atoms with E-state index in [0.717, 1.165) is 28.2 Å². The summed E-state index contributed by atoms with van der Waals surface area (Å²) in [5.41, 5.74) is 2.76. The number of hydrogen-bond acceptors (Lipinski definition) is 2. The quantitative estimate of drug-likeness (QED) is 0.878. The fourth-order valence-electron chi connectivity index (χ4n) is 2.18. The summed E-state index contributed by atoms with van der Waals surface area (Å²) in [5, 5.41) is 10.2. The van der Waals surface area contributed by atoms with Crippen LogP contribution >= 0.6 is 11.6 Å². The Kier molecular flexibility index (Phi) is 3.53. The number of halogens is 1. The minimum absolute atomic E-state index is 0.532. The van der Waals surface area contributed by atoms with Crippen molar-refractivity contribution < 1.29 is 14.6 Å². The summed E-state index contributed by atoms with van der Waals surface area (Å²) in [7, 11) is 3.44. The molecule has 0 saturated carbocycles. The number of carbonyl (C=O) groups is 1. The Hall–Kier alpha value is -1.94. The van der Waals surface area contributed by atoms with E-state index < -0.39 is 5.97 Å². The Bertz CT molecular complexity index is 686. The van der Waals surface area contributed by atoms with Gasteiger partial charge in [0.2, 0.25) is 0 Å². The lowest BCUT2D eigenvalue weighted by molar-refractivity contribution is -0.131.